The zero-order chi connectivity index (χ0) is 25.8. The number of aryl methyl sites for hydroxylation is 2. The van der Waals surface area contributed by atoms with Crippen LogP contribution >= 0.6 is 11.3 Å². The molecule has 5 aromatic carbocycles. The van der Waals surface area contributed by atoms with E-state index in [0.717, 1.165) is 48.1 Å². The number of rotatable bonds is 3. The van der Waals surface area contributed by atoms with Gasteiger partial charge in [-0.3, -0.25) is 4.79 Å². The SMILES string of the molecule is Cc1ccc(-c2cccc3[nH]c(-c4ccc5sc6ccccc6c(=O)c5c4)c(-c4ccc(C)cc4)c23)cc1. The molecule has 2 aromatic heterocycles. The molecule has 3 heteroatoms. The van der Waals surface area contributed by atoms with Gasteiger partial charge in [0.15, 0.2) is 5.43 Å². The molecule has 1 N–H and O–H groups in total. The Bertz CT molecular complexity index is 2040. The lowest BCUT2D eigenvalue weighted by Crippen LogP contribution is -2.01. The fraction of sp³-hybridized carbons (Fsp3) is 0.0571. The number of hydrogen-bond acceptors (Lipinski definition) is 2. The minimum Gasteiger partial charge on any atom is -0.354 e. The lowest BCUT2D eigenvalue weighted by molar-refractivity contribution is 1.44. The topological polar surface area (TPSA) is 32.9 Å². The van der Waals surface area contributed by atoms with Crippen molar-refractivity contribution in [3.05, 3.63) is 131 Å². The number of H-pyrrole nitrogens is 1. The van der Waals surface area contributed by atoms with E-state index >= 15 is 0 Å². The van der Waals surface area contributed by atoms with Crippen LogP contribution < -0.4 is 5.43 Å². The van der Waals surface area contributed by atoms with E-state index in [0.29, 0.717) is 0 Å². The highest BCUT2D eigenvalue weighted by Crippen LogP contribution is 2.43. The van der Waals surface area contributed by atoms with Gasteiger partial charge in [-0.2, -0.15) is 0 Å². The molecule has 2 heterocycles. The highest BCUT2D eigenvalue weighted by atomic mass is 32.1. The van der Waals surface area contributed by atoms with Gasteiger partial charge in [-0.15, -0.1) is 11.3 Å². The first-order chi connectivity index (χ1) is 18.6. The zero-order valence-electron chi connectivity index (χ0n) is 21.2. The standard InChI is InChI=1S/C35H25NOS/c1-21-10-14-23(15-11-21)26-7-5-8-29-33(26)32(24-16-12-22(2)13-17-24)34(36-29)25-18-19-31-28(20-25)35(37)27-6-3-4-9-30(27)38-31/h3-20,36H,1-2H3. The van der Waals surface area contributed by atoms with Gasteiger partial charge in [0.2, 0.25) is 0 Å². The Morgan fingerprint density at radius 2 is 1.26 bits per heavy atom. The molecule has 0 aliphatic rings. The molecule has 0 saturated heterocycles. The van der Waals surface area contributed by atoms with E-state index in [9.17, 15) is 4.79 Å². The molecule has 0 aliphatic carbocycles. The van der Waals surface area contributed by atoms with Crippen molar-refractivity contribution < 1.29 is 0 Å². The van der Waals surface area contributed by atoms with Gasteiger partial charge in [0.25, 0.3) is 0 Å². The summed E-state index contributed by atoms with van der Waals surface area (Å²) in [5.41, 5.74) is 10.4. The second kappa shape index (κ2) is 8.83. The third-order valence-electron chi connectivity index (χ3n) is 7.39. The average Bonchev–Trinajstić information content (AvgIpc) is 3.34. The highest BCUT2D eigenvalue weighted by molar-refractivity contribution is 7.24. The predicted octanol–water partition coefficient (Wildman–Crippen LogP) is 9.51. The second-order valence-corrected chi connectivity index (χ2v) is 11.1. The van der Waals surface area contributed by atoms with Gasteiger partial charge in [-0.1, -0.05) is 90.0 Å². The van der Waals surface area contributed by atoms with E-state index in [1.807, 2.05) is 24.3 Å². The molecule has 38 heavy (non-hydrogen) atoms. The molecular weight excluding hydrogens is 482 g/mol. The van der Waals surface area contributed by atoms with Crippen LogP contribution in [0.3, 0.4) is 0 Å². The maximum Gasteiger partial charge on any atom is 0.195 e. The Labute approximate surface area is 224 Å². The van der Waals surface area contributed by atoms with Crippen LogP contribution in [0.5, 0.6) is 0 Å². The van der Waals surface area contributed by atoms with Crippen molar-refractivity contribution in [2.75, 3.05) is 0 Å². The Morgan fingerprint density at radius 1 is 0.605 bits per heavy atom. The van der Waals surface area contributed by atoms with Gasteiger partial charge < -0.3 is 4.98 Å². The zero-order valence-corrected chi connectivity index (χ0v) is 22.0. The first-order valence-corrected chi connectivity index (χ1v) is 13.6. The molecule has 0 amide bonds. The van der Waals surface area contributed by atoms with Gasteiger partial charge in [0.1, 0.15) is 0 Å². The summed E-state index contributed by atoms with van der Waals surface area (Å²) in [4.78, 5) is 17.2. The molecule has 0 saturated carbocycles. The normalized spacial score (nSPS) is 11.5. The van der Waals surface area contributed by atoms with E-state index in [1.165, 1.54) is 27.6 Å². The van der Waals surface area contributed by atoms with Gasteiger partial charge in [-0.25, -0.2) is 0 Å². The molecular formula is C35H25NOS. The largest absolute Gasteiger partial charge is 0.354 e. The Kier molecular flexibility index (Phi) is 5.27. The van der Waals surface area contributed by atoms with Crippen molar-refractivity contribution in [3.8, 4) is 33.5 Å². The van der Waals surface area contributed by atoms with Crippen molar-refractivity contribution in [2.24, 2.45) is 0 Å². The molecule has 0 bridgehead atoms. The minimum atomic E-state index is 0.0875. The van der Waals surface area contributed by atoms with Crippen molar-refractivity contribution >= 4 is 42.4 Å². The van der Waals surface area contributed by atoms with Gasteiger partial charge >= 0.3 is 0 Å². The molecule has 182 valence electrons. The monoisotopic (exact) mass is 507 g/mol. The number of benzene rings is 5. The molecule has 7 rings (SSSR count). The lowest BCUT2D eigenvalue weighted by Gasteiger charge is -2.11. The molecule has 7 aromatic rings. The van der Waals surface area contributed by atoms with E-state index in [-0.39, 0.29) is 5.43 Å². The van der Waals surface area contributed by atoms with Crippen LogP contribution in [0.25, 0.3) is 64.6 Å². The third kappa shape index (κ3) is 3.67. The Balaban J connectivity index is 1.55. The number of aromatic nitrogens is 1. The summed E-state index contributed by atoms with van der Waals surface area (Å²) in [5, 5.41) is 2.73. The molecule has 0 radical (unpaired) electrons. The summed E-state index contributed by atoms with van der Waals surface area (Å²) in [7, 11) is 0. The first kappa shape index (κ1) is 22.7. The van der Waals surface area contributed by atoms with Crippen molar-refractivity contribution in [1.29, 1.82) is 0 Å². The van der Waals surface area contributed by atoms with Crippen LogP contribution in [0.4, 0.5) is 0 Å². The maximum atomic E-state index is 13.5. The molecule has 0 aliphatic heterocycles. The summed E-state index contributed by atoms with van der Waals surface area (Å²) in [5.74, 6) is 0. The summed E-state index contributed by atoms with van der Waals surface area (Å²) >= 11 is 1.67. The summed E-state index contributed by atoms with van der Waals surface area (Å²) in [6.07, 6.45) is 0. The summed E-state index contributed by atoms with van der Waals surface area (Å²) < 4.78 is 2.03. The van der Waals surface area contributed by atoms with Crippen LogP contribution in [0.15, 0.2) is 114 Å². The quantitative estimate of drug-likeness (QED) is 0.237. The fourth-order valence-electron chi connectivity index (χ4n) is 5.41. The summed E-state index contributed by atoms with van der Waals surface area (Å²) in [6, 6.07) is 38.1. The van der Waals surface area contributed by atoms with Crippen molar-refractivity contribution in [3.63, 3.8) is 0 Å². The molecule has 0 atom stereocenters. The van der Waals surface area contributed by atoms with Crippen LogP contribution in [0.1, 0.15) is 11.1 Å². The van der Waals surface area contributed by atoms with E-state index in [2.05, 4.69) is 104 Å². The Morgan fingerprint density at radius 3 is 2.03 bits per heavy atom. The van der Waals surface area contributed by atoms with Gasteiger partial charge in [0.05, 0.1) is 5.69 Å². The second-order valence-electron chi connectivity index (χ2n) is 9.97. The van der Waals surface area contributed by atoms with Crippen LogP contribution in [0, 0.1) is 13.8 Å². The first-order valence-electron chi connectivity index (χ1n) is 12.8. The average molecular weight is 508 g/mol. The molecule has 0 spiro atoms. The lowest BCUT2D eigenvalue weighted by atomic mass is 9.92. The minimum absolute atomic E-state index is 0.0875. The fourth-order valence-corrected chi connectivity index (χ4v) is 6.46. The van der Waals surface area contributed by atoms with E-state index < -0.39 is 0 Å². The maximum absolute atomic E-state index is 13.5. The predicted molar refractivity (Wildman–Crippen MR) is 163 cm³/mol. The Hall–Kier alpha value is -4.47. The van der Waals surface area contributed by atoms with Crippen molar-refractivity contribution in [1.82, 2.24) is 4.98 Å². The van der Waals surface area contributed by atoms with Crippen LogP contribution in [0.2, 0.25) is 0 Å². The van der Waals surface area contributed by atoms with Gasteiger partial charge in [-0.05, 0) is 66.4 Å². The third-order valence-corrected chi connectivity index (χ3v) is 8.54. The smallest absolute Gasteiger partial charge is 0.195 e. The van der Waals surface area contributed by atoms with Gasteiger partial charge in [0, 0.05) is 36.6 Å². The number of nitrogens with one attached hydrogen (secondary N) is 1. The van der Waals surface area contributed by atoms with Crippen LogP contribution in [-0.4, -0.2) is 4.98 Å². The van der Waals surface area contributed by atoms with Crippen LogP contribution in [-0.2, 0) is 0 Å². The highest BCUT2D eigenvalue weighted by Gasteiger charge is 2.19. The molecule has 0 fully saturated rings. The molecule has 2 nitrogen and oxygen atoms in total. The summed E-state index contributed by atoms with van der Waals surface area (Å²) in [6.45, 7) is 4.23. The van der Waals surface area contributed by atoms with E-state index in [1.54, 1.807) is 11.3 Å². The molecule has 0 unspecified atom stereocenters. The van der Waals surface area contributed by atoms with Crippen molar-refractivity contribution in [2.45, 2.75) is 13.8 Å². The number of fused-ring (bicyclic) bond motifs is 3. The number of hydrogen-bond donors (Lipinski definition) is 1. The number of aromatic amines is 1. The van der Waals surface area contributed by atoms with E-state index in [4.69, 9.17) is 0 Å².